The Morgan fingerprint density at radius 3 is 1.76 bits per heavy atom. The first-order chi connectivity index (χ1) is 8.04. The first kappa shape index (κ1) is 10.5. The summed E-state index contributed by atoms with van der Waals surface area (Å²) in [4.78, 5) is 0. The fourth-order valence-corrected chi connectivity index (χ4v) is 1.99. The van der Waals surface area contributed by atoms with Gasteiger partial charge in [0.25, 0.3) is 0 Å². The predicted octanol–water partition coefficient (Wildman–Crippen LogP) is 3.90. The van der Waals surface area contributed by atoms with Crippen LogP contribution in [-0.4, -0.2) is 7.12 Å². The van der Waals surface area contributed by atoms with Crippen molar-refractivity contribution >= 4 is 17.9 Å². The molecular weight excluding hydrogens is 211 g/mol. The van der Waals surface area contributed by atoms with E-state index >= 15 is 0 Å². The molecule has 0 atom stereocenters. The van der Waals surface area contributed by atoms with E-state index in [0.29, 0.717) is 0 Å². The van der Waals surface area contributed by atoms with E-state index in [-0.39, 0.29) is 12.4 Å². The maximum Gasteiger partial charge on any atom is 0.600 e. The molecule has 0 saturated carbocycles. The Hall–Kier alpha value is -1.64. The molecule has 3 heteroatoms. The molecule has 1 aliphatic rings. The second-order valence-electron chi connectivity index (χ2n) is 5.58. The Morgan fingerprint density at radius 1 is 0.882 bits per heavy atom. The predicted molar refractivity (Wildman–Crippen MR) is 70.7 cm³/mol. The lowest BCUT2D eigenvalue weighted by Crippen LogP contribution is -2.34. The van der Waals surface area contributed by atoms with Crippen molar-refractivity contribution in [1.82, 2.24) is 0 Å². The summed E-state index contributed by atoms with van der Waals surface area (Å²) in [6.07, 6.45) is 0. The van der Waals surface area contributed by atoms with Crippen LogP contribution in [0.5, 0.6) is 11.5 Å². The van der Waals surface area contributed by atoms with Crippen LogP contribution in [0.15, 0.2) is 36.4 Å². The summed E-state index contributed by atoms with van der Waals surface area (Å²) in [5.74, 6) is 1.70. The Bertz CT molecular complexity index is 527. The van der Waals surface area contributed by atoms with Gasteiger partial charge in [0.05, 0.1) is 0 Å². The van der Waals surface area contributed by atoms with Gasteiger partial charge in [-0.1, -0.05) is 45.0 Å². The van der Waals surface area contributed by atoms with E-state index in [9.17, 15) is 0 Å². The minimum Gasteiger partial charge on any atom is -0.523 e. The van der Waals surface area contributed by atoms with Crippen molar-refractivity contribution in [1.29, 1.82) is 0 Å². The lowest BCUT2D eigenvalue weighted by Gasteiger charge is -2.18. The van der Waals surface area contributed by atoms with Crippen molar-refractivity contribution in [2.45, 2.75) is 26.1 Å². The molecule has 2 aromatic rings. The quantitative estimate of drug-likeness (QED) is 0.634. The van der Waals surface area contributed by atoms with Crippen molar-refractivity contribution < 1.29 is 9.31 Å². The Labute approximate surface area is 102 Å². The highest BCUT2D eigenvalue weighted by molar-refractivity contribution is 6.51. The minimum atomic E-state index is -0.200. The lowest BCUT2D eigenvalue weighted by molar-refractivity contribution is 0.440. The third-order valence-electron chi connectivity index (χ3n) is 2.99. The Balaban J connectivity index is 2.06. The number of benzene rings is 2. The smallest absolute Gasteiger partial charge is 0.523 e. The van der Waals surface area contributed by atoms with Crippen molar-refractivity contribution in [3.8, 4) is 11.5 Å². The molecule has 0 radical (unpaired) electrons. The van der Waals surface area contributed by atoms with Crippen molar-refractivity contribution in [3.63, 3.8) is 0 Å². The van der Waals surface area contributed by atoms with Crippen LogP contribution in [0.25, 0.3) is 10.8 Å². The van der Waals surface area contributed by atoms with Gasteiger partial charge in [-0.3, -0.25) is 0 Å². The minimum absolute atomic E-state index is 0.0226. The molecule has 2 aromatic carbocycles. The molecule has 0 spiro atoms. The summed E-state index contributed by atoms with van der Waals surface area (Å²) in [5, 5.41) is 2.35. The molecule has 3 rings (SSSR count). The van der Waals surface area contributed by atoms with Gasteiger partial charge < -0.3 is 9.31 Å². The molecule has 0 aliphatic carbocycles. The van der Waals surface area contributed by atoms with Crippen LogP contribution in [0, 0.1) is 0 Å². The van der Waals surface area contributed by atoms with Crippen LogP contribution in [0.3, 0.4) is 0 Å². The number of hydrogen-bond donors (Lipinski definition) is 0. The normalized spacial score (nSPS) is 14.4. The number of rotatable bonds is 0. The van der Waals surface area contributed by atoms with Crippen LogP contribution in [-0.2, 0) is 0 Å². The maximum absolute atomic E-state index is 5.86. The third-order valence-corrected chi connectivity index (χ3v) is 2.99. The molecule has 0 amide bonds. The molecule has 0 fully saturated rings. The highest BCUT2D eigenvalue weighted by Crippen LogP contribution is 2.42. The first-order valence-electron chi connectivity index (χ1n) is 5.90. The zero-order valence-electron chi connectivity index (χ0n) is 10.4. The van der Waals surface area contributed by atoms with Crippen LogP contribution in [0.1, 0.15) is 20.8 Å². The molecule has 0 saturated heterocycles. The summed E-state index contributed by atoms with van der Waals surface area (Å²) in [6.45, 7) is 6.34. The van der Waals surface area contributed by atoms with Crippen LogP contribution >= 0.6 is 0 Å². The SMILES string of the molecule is CC(C)(C)B1Oc2cc3ccccc3cc2O1. The third kappa shape index (κ3) is 1.76. The van der Waals surface area contributed by atoms with Gasteiger partial charge >= 0.3 is 7.12 Å². The van der Waals surface area contributed by atoms with Crippen LogP contribution in [0.2, 0.25) is 5.31 Å². The first-order valence-corrected chi connectivity index (χ1v) is 5.90. The van der Waals surface area contributed by atoms with Gasteiger partial charge in [-0.2, -0.15) is 0 Å². The van der Waals surface area contributed by atoms with E-state index < -0.39 is 0 Å². The molecular formula is C14H15BO2. The lowest BCUT2D eigenvalue weighted by atomic mass is 9.61. The molecule has 0 aromatic heterocycles. The largest absolute Gasteiger partial charge is 0.600 e. The van der Waals surface area contributed by atoms with Crippen molar-refractivity contribution in [3.05, 3.63) is 36.4 Å². The molecule has 1 heterocycles. The van der Waals surface area contributed by atoms with E-state index in [4.69, 9.17) is 9.31 Å². The summed E-state index contributed by atoms with van der Waals surface area (Å²) in [7, 11) is -0.200. The van der Waals surface area contributed by atoms with Crippen LogP contribution < -0.4 is 9.31 Å². The molecule has 2 nitrogen and oxygen atoms in total. The average molecular weight is 226 g/mol. The monoisotopic (exact) mass is 226 g/mol. The van der Waals surface area contributed by atoms with E-state index in [2.05, 4.69) is 45.0 Å². The molecule has 17 heavy (non-hydrogen) atoms. The van der Waals surface area contributed by atoms with E-state index in [0.717, 1.165) is 11.5 Å². The Morgan fingerprint density at radius 2 is 1.35 bits per heavy atom. The molecule has 86 valence electrons. The van der Waals surface area contributed by atoms with Gasteiger partial charge in [-0.15, -0.1) is 0 Å². The van der Waals surface area contributed by atoms with E-state index in [1.807, 2.05) is 12.1 Å². The number of hydrogen-bond acceptors (Lipinski definition) is 2. The number of fused-ring (bicyclic) bond motifs is 2. The molecule has 0 unspecified atom stereocenters. The zero-order valence-corrected chi connectivity index (χ0v) is 10.4. The second kappa shape index (κ2) is 3.43. The highest BCUT2D eigenvalue weighted by atomic mass is 16.6. The van der Waals surface area contributed by atoms with Crippen LogP contribution in [0.4, 0.5) is 0 Å². The highest BCUT2D eigenvalue weighted by Gasteiger charge is 2.43. The topological polar surface area (TPSA) is 18.5 Å². The zero-order chi connectivity index (χ0) is 12.0. The molecule has 1 aliphatic heterocycles. The van der Waals surface area contributed by atoms with E-state index in [1.165, 1.54) is 10.8 Å². The second-order valence-corrected chi connectivity index (χ2v) is 5.58. The summed E-state index contributed by atoms with van der Waals surface area (Å²) in [5.41, 5.74) is 0. The van der Waals surface area contributed by atoms with Crippen molar-refractivity contribution in [2.24, 2.45) is 0 Å². The van der Waals surface area contributed by atoms with Gasteiger partial charge in [-0.05, 0) is 22.9 Å². The summed E-state index contributed by atoms with van der Waals surface area (Å²) in [6, 6.07) is 12.3. The van der Waals surface area contributed by atoms with Gasteiger partial charge in [0.1, 0.15) is 11.5 Å². The van der Waals surface area contributed by atoms with Gasteiger partial charge in [-0.25, -0.2) is 0 Å². The summed E-state index contributed by atoms with van der Waals surface area (Å²) >= 11 is 0. The standard InChI is InChI=1S/C14H15BO2/c1-14(2,3)15-16-12-8-10-6-4-5-7-11(10)9-13(12)17-15/h4-9H,1-3H3. The molecule has 0 bridgehead atoms. The van der Waals surface area contributed by atoms with E-state index in [1.54, 1.807) is 0 Å². The summed E-state index contributed by atoms with van der Waals surface area (Å²) < 4.78 is 11.7. The van der Waals surface area contributed by atoms with Gasteiger partial charge in [0.2, 0.25) is 0 Å². The van der Waals surface area contributed by atoms with Gasteiger partial charge in [0, 0.05) is 5.31 Å². The van der Waals surface area contributed by atoms with Gasteiger partial charge in [0.15, 0.2) is 0 Å². The average Bonchev–Trinajstić information content (AvgIpc) is 2.68. The Kier molecular flexibility index (Phi) is 2.12. The maximum atomic E-state index is 5.86. The van der Waals surface area contributed by atoms with Crippen molar-refractivity contribution in [2.75, 3.05) is 0 Å². The molecule has 0 N–H and O–H groups in total. The fraction of sp³-hybridized carbons (Fsp3) is 0.286. The fourth-order valence-electron chi connectivity index (χ4n) is 1.99.